The summed E-state index contributed by atoms with van der Waals surface area (Å²) in [5, 5.41) is 21.3. The average Bonchev–Trinajstić information content (AvgIpc) is 3.10. The van der Waals surface area contributed by atoms with Crippen LogP contribution in [0.25, 0.3) is 0 Å². The molecular formula is C23H32O6Si. The van der Waals surface area contributed by atoms with Gasteiger partial charge >= 0.3 is 0 Å². The fourth-order valence-corrected chi connectivity index (χ4v) is 8.80. The van der Waals surface area contributed by atoms with Gasteiger partial charge in [-0.15, -0.1) is 0 Å². The maximum absolute atomic E-state index is 9.55. The van der Waals surface area contributed by atoms with Crippen molar-refractivity contribution >= 4 is 18.7 Å². The summed E-state index contributed by atoms with van der Waals surface area (Å²) >= 11 is 0. The van der Waals surface area contributed by atoms with E-state index >= 15 is 0 Å². The van der Waals surface area contributed by atoms with E-state index in [1.165, 1.54) is 10.4 Å². The lowest BCUT2D eigenvalue weighted by Gasteiger charge is -2.43. The average molecular weight is 433 g/mol. The Morgan fingerprint density at radius 3 is 1.90 bits per heavy atom. The molecule has 1 aliphatic rings. The highest BCUT2D eigenvalue weighted by Crippen LogP contribution is 2.40. The maximum Gasteiger partial charge on any atom is 0.261 e. The van der Waals surface area contributed by atoms with E-state index in [2.05, 4.69) is 49.9 Å². The summed E-state index contributed by atoms with van der Waals surface area (Å²) in [7, 11) is -2.69. The molecule has 164 valence electrons. The van der Waals surface area contributed by atoms with Gasteiger partial charge in [-0.1, -0.05) is 81.4 Å². The van der Waals surface area contributed by atoms with Crippen LogP contribution in [0, 0.1) is 0 Å². The molecule has 1 heterocycles. The molecule has 0 saturated carbocycles. The molecule has 2 N–H and O–H groups in total. The normalized spacial score (nSPS) is 24.9. The van der Waals surface area contributed by atoms with Crippen LogP contribution >= 0.6 is 0 Å². The third-order valence-corrected chi connectivity index (χ3v) is 10.8. The number of hydrogen-bond donors (Lipinski definition) is 2. The lowest BCUT2D eigenvalue weighted by atomic mass is 9.96. The van der Waals surface area contributed by atoms with Gasteiger partial charge in [-0.3, -0.25) is 0 Å². The quantitative estimate of drug-likeness (QED) is 0.379. The molecule has 0 spiro atoms. The second kappa shape index (κ2) is 8.88. The fraction of sp³-hybridized carbons (Fsp3) is 0.478. The monoisotopic (exact) mass is 432 g/mol. The van der Waals surface area contributed by atoms with E-state index in [0.717, 1.165) is 0 Å². The molecule has 0 amide bonds. The molecule has 0 unspecified atom stereocenters. The molecule has 0 radical (unpaired) electrons. The number of aliphatic hydroxyl groups excluding tert-OH is 1. The van der Waals surface area contributed by atoms with Gasteiger partial charge < -0.3 is 9.53 Å². The van der Waals surface area contributed by atoms with E-state index in [4.69, 9.17) is 14.2 Å². The molecule has 6 nitrogen and oxygen atoms in total. The van der Waals surface area contributed by atoms with Crippen LogP contribution < -0.4 is 10.4 Å². The lowest BCUT2D eigenvalue weighted by molar-refractivity contribution is -0.474. The van der Waals surface area contributed by atoms with E-state index in [1.54, 1.807) is 6.92 Å². The maximum atomic E-state index is 9.55. The summed E-state index contributed by atoms with van der Waals surface area (Å²) < 4.78 is 6.81. The van der Waals surface area contributed by atoms with Gasteiger partial charge in [-0.25, -0.2) is 15.0 Å². The molecule has 1 saturated heterocycles. The van der Waals surface area contributed by atoms with E-state index in [9.17, 15) is 10.4 Å². The number of benzene rings is 2. The summed E-state index contributed by atoms with van der Waals surface area (Å²) in [5.41, 5.74) is -0.930. The Bertz CT molecular complexity index is 770. The first-order valence-electron chi connectivity index (χ1n) is 10.3. The molecular weight excluding hydrogens is 400 g/mol. The second-order valence-corrected chi connectivity index (χ2v) is 13.5. The summed E-state index contributed by atoms with van der Waals surface area (Å²) in [6, 6.07) is 20.7. The molecule has 0 aliphatic carbocycles. The Kier molecular flexibility index (Phi) is 6.83. The van der Waals surface area contributed by atoms with Gasteiger partial charge in [0.05, 0.1) is 6.61 Å². The van der Waals surface area contributed by atoms with Crippen LogP contribution in [0.15, 0.2) is 60.7 Å². The van der Waals surface area contributed by atoms with E-state index in [-0.39, 0.29) is 24.5 Å². The molecule has 2 atom stereocenters. The van der Waals surface area contributed by atoms with Crippen LogP contribution in [-0.4, -0.2) is 43.3 Å². The van der Waals surface area contributed by atoms with Crippen molar-refractivity contribution in [1.82, 2.24) is 0 Å². The molecule has 1 fully saturated rings. The SMILES string of the molecule is CC(C)(C)[Si](OCC[C@@]1(OO)C[C@](C)(CO)OO1)(c1ccccc1)c1ccccc1. The van der Waals surface area contributed by atoms with Gasteiger partial charge in [0.2, 0.25) is 5.79 Å². The summed E-state index contributed by atoms with van der Waals surface area (Å²) in [6.45, 7) is 8.36. The third kappa shape index (κ3) is 4.38. The van der Waals surface area contributed by atoms with Crippen molar-refractivity contribution in [1.29, 1.82) is 0 Å². The van der Waals surface area contributed by atoms with Crippen molar-refractivity contribution < 1.29 is 29.5 Å². The number of rotatable bonds is 8. The van der Waals surface area contributed by atoms with Gasteiger partial charge in [-0.05, 0) is 22.3 Å². The van der Waals surface area contributed by atoms with Crippen molar-refractivity contribution in [2.75, 3.05) is 13.2 Å². The van der Waals surface area contributed by atoms with Crippen LogP contribution in [0.2, 0.25) is 5.04 Å². The van der Waals surface area contributed by atoms with Crippen LogP contribution in [0.4, 0.5) is 0 Å². The lowest BCUT2D eigenvalue weighted by Crippen LogP contribution is -2.66. The summed E-state index contributed by atoms with van der Waals surface area (Å²) in [4.78, 5) is 15.2. The minimum atomic E-state index is -2.69. The minimum Gasteiger partial charge on any atom is -0.407 e. The zero-order chi connectivity index (χ0) is 21.9. The molecule has 30 heavy (non-hydrogen) atoms. The van der Waals surface area contributed by atoms with Crippen molar-refractivity contribution in [3.8, 4) is 0 Å². The predicted octanol–water partition coefficient (Wildman–Crippen LogP) is 3.24. The zero-order valence-electron chi connectivity index (χ0n) is 18.1. The first-order valence-corrected chi connectivity index (χ1v) is 12.2. The third-order valence-electron chi connectivity index (χ3n) is 5.76. The van der Waals surface area contributed by atoms with E-state index in [1.807, 2.05) is 36.4 Å². The highest BCUT2D eigenvalue weighted by molar-refractivity contribution is 6.99. The molecule has 3 rings (SSSR count). The van der Waals surface area contributed by atoms with Gasteiger partial charge in [0, 0.05) is 19.4 Å². The Balaban J connectivity index is 1.92. The molecule has 0 aromatic heterocycles. The highest BCUT2D eigenvalue weighted by atomic mass is 28.4. The minimum absolute atomic E-state index is 0.157. The van der Waals surface area contributed by atoms with E-state index < -0.39 is 19.7 Å². The van der Waals surface area contributed by atoms with Gasteiger partial charge in [-0.2, -0.15) is 4.89 Å². The first kappa shape index (κ1) is 23.1. The Morgan fingerprint density at radius 2 is 1.50 bits per heavy atom. The topological polar surface area (TPSA) is 77.4 Å². The smallest absolute Gasteiger partial charge is 0.261 e. The molecule has 1 aliphatic heterocycles. The molecule has 0 bridgehead atoms. The standard InChI is InChI=1S/C23H32O6Si/c1-21(2,3)30(19-11-7-5-8-12-19,20-13-9-6-10-14-20)26-16-15-23(27-25)17-22(4,18-24)28-29-23/h5-14,24-25H,15-18H2,1-4H3/t22-,23+/m1/s1. The molecule has 2 aromatic rings. The number of aliphatic hydroxyl groups is 1. The van der Waals surface area contributed by atoms with Crippen molar-refractivity contribution in [3.05, 3.63) is 60.7 Å². The van der Waals surface area contributed by atoms with Crippen LogP contribution in [0.5, 0.6) is 0 Å². The van der Waals surface area contributed by atoms with Crippen LogP contribution in [-0.2, 0) is 19.1 Å². The van der Waals surface area contributed by atoms with Crippen molar-refractivity contribution in [3.63, 3.8) is 0 Å². The van der Waals surface area contributed by atoms with Crippen molar-refractivity contribution in [2.24, 2.45) is 0 Å². The fourth-order valence-electron chi connectivity index (χ4n) is 4.23. The Hall–Kier alpha value is -1.58. The first-order chi connectivity index (χ1) is 14.2. The number of hydrogen-bond acceptors (Lipinski definition) is 6. The second-order valence-electron chi connectivity index (χ2n) is 9.22. The summed E-state index contributed by atoms with van der Waals surface area (Å²) in [5.74, 6) is -1.37. The zero-order valence-corrected chi connectivity index (χ0v) is 19.1. The predicted molar refractivity (Wildman–Crippen MR) is 117 cm³/mol. The van der Waals surface area contributed by atoms with E-state index in [0.29, 0.717) is 6.61 Å². The van der Waals surface area contributed by atoms with Crippen molar-refractivity contribution in [2.45, 2.75) is 57.0 Å². The summed E-state index contributed by atoms with van der Waals surface area (Å²) in [6.07, 6.45) is 0.445. The van der Waals surface area contributed by atoms with Crippen LogP contribution in [0.3, 0.4) is 0 Å². The Labute approximate surface area is 179 Å². The van der Waals surface area contributed by atoms with Gasteiger partial charge in [0.15, 0.2) is 0 Å². The van der Waals surface area contributed by atoms with Gasteiger partial charge in [0.25, 0.3) is 8.32 Å². The largest absolute Gasteiger partial charge is 0.407 e. The Morgan fingerprint density at radius 1 is 0.967 bits per heavy atom. The van der Waals surface area contributed by atoms with Crippen LogP contribution in [0.1, 0.15) is 40.5 Å². The molecule has 2 aromatic carbocycles. The highest BCUT2D eigenvalue weighted by Gasteiger charge is 2.53. The molecule has 7 heteroatoms. The van der Waals surface area contributed by atoms with Gasteiger partial charge in [0.1, 0.15) is 5.60 Å².